The van der Waals surface area contributed by atoms with Crippen molar-refractivity contribution in [2.75, 3.05) is 11.7 Å². The Kier molecular flexibility index (Phi) is 3.86. The van der Waals surface area contributed by atoms with Crippen molar-refractivity contribution in [2.24, 2.45) is 0 Å². The predicted octanol–water partition coefficient (Wildman–Crippen LogP) is 2.61. The molecular formula is C12H17NO2. The third kappa shape index (κ3) is 2.57. The molecule has 0 atom stereocenters. The molecule has 82 valence electrons. The molecule has 3 nitrogen and oxygen atoms in total. The van der Waals surface area contributed by atoms with Gasteiger partial charge in [0.15, 0.2) is 0 Å². The molecule has 0 radical (unpaired) electrons. The average Bonchev–Trinajstić information content (AvgIpc) is 2.15. The van der Waals surface area contributed by atoms with Gasteiger partial charge in [-0.3, -0.25) is 9.63 Å². The van der Waals surface area contributed by atoms with E-state index in [2.05, 4.69) is 0 Å². The normalized spacial score (nSPS) is 10.1. The van der Waals surface area contributed by atoms with E-state index >= 15 is 0 Å². The maximum absolute atomic E-state index is 11.4. The Bertz CT molecular complexity index is 340. The Morgan fingerprint density at radius 2 is 1.87 bits per heavy atom. The molecule has 1 rings (SSSR count). The molecule has 0 unspecified atom stereocenters. The number of aryl methyl sites for hydroxylation is 2. The van der Waals surface area contributed by atoms with E-state index in [9.17, 15) is 4.79 Å². The molecule has 0 fully saturated rings. The van der Waals surface area contributed by atoms with Crippen molar-refractivity contribution in [2.45, 2.75) is 27.7 Å². The third-order valence-electron chi connectivity index (χ3n) is 2.19. The van der Waals surface area contributed by atoms with Gasteiger partial charge in [0.05, 0.1) is 12.3 Å². The largest absolute Gasteiger partial charge is 0.273 e. The molecule has 0 bridgehead atoms. The number of benzene rings is 1. The molecule has 1 aromatic carbocycles. The first-order valence-electron chi connectivity index (χ1n) is 5.07. The molecule has 0 N–H and O–H groups in total. The highest BCUT2D eigenvalue weighted by atomic mass is 16.7. The molecular weight excluding hydrogens is 190 g/mol. The highest BCUT2D eigenvalue weighted by molar-refractivity contribution is 5.91. The summed E-state index contributed by atoms with van der Waals surface area (Å²) in [6.07, 6.45) is 0. The van der Waals surface area contributed by atoms with Crippen LogP contribution in [0, 0.1) is 13.8 Å². The Labute approximate surface area is 90.6 Å². The summed E-state index contributed by atoms with van der Waals surface area (Å²) < 4.78 is 0. The molecule has 0 saturated carbocycles. The van der Waals surface area contributed by atoms with Gasteiger partial charge in [-0.25, -0.2) is 0 Å². The lowest BCUT2D eigenvalue weighted by Crippen LogP contribution is -2.30. The predicted molar refractivity (Wildman–Crippen MR) is 60.7 cm³/mol. The summed E-state index contributed by atoms with van der Waals surface area (Å²) >= 11 is 0. The van der Waals surface area contributed by atoms with E-state index in [1.165, 1.54) is 12.0 Å². The van der Waals surface area contributed by atoms with Crippen LogP contribution < -0.4 is 5.06 Å². The second-order valence-electron chi connectivity index (χ2n) is 3.47. The van der Waals surface area contributed by atoms with Gasteiger partial charge in [0, 0.05) is 6.92 Å². The molecule has 0 aliphatic heterocycles. The molecule has 15 heavy (non-hydrogen) atoms. The zero-order chi connectivity index (χ0) is 11.4. The minimum Gasteiger partial charge on any atom is -0.273 e. The van der Waals surface area contributed by atoms with Crippen molar-refractivity contribution in [3.05, 3.63) is 29.3 Å². The standard InChI is InChI=1S/C12H17NO2/c1-5-15-13(11(4)14)12-9(2)7-6-8-10(12)3/h6-8H,5H2,1-4H3. The van der Waals surface area contributed by atoms with Crippen LogP contribution in [-0.2, 0) is 9.63 Å². The molecule has 3 heteroatoms. The van der Waals surface area contributed by atoms with Crippen LogP contribution in [0.4, 0.5) is 5.69 Å². The van der Waals surface area contributed by atoms with Crippen LogP contribution in [0.5, 0.6) is 0 Å². The van der Waals surface area contributed by atoms with Gasteiger partial charge in [-0.05, 0) is 31.9 Å². The van der Waals surface area contributed by atoms with Crippen molar-refractivity contribution in [3.8, 4) is 0 Å². The van der Waals surface area contributed by atoms with Crippen molar-refractivity contribution in [1.82, 2.24) is 0 Å². The van der Waals surface area contributed by atoms with E-state index in [0.717, 1.165) is 16.8 Å². The van der Waals surface area contributed by atoms with E-state index < -0.39 is 0 Å². The van der Waals surface area contributed by atoms with Gasteiger partial charge in [-0.15, -0.1) is 0 Å². The minimum absolute atomic E-state index is 0.103. The third-order valence-corrected chi connectivity index (χ3v) is 2.19. The van der Waals surface area contributed by atoms with Gasteiger partial charge < -0.3 is 0 Å². The van der Waals surface area contributed by atoms with Gasteiger partial charge in [0.25, 0.3) is 0 Å². The number of carbonyl (C=O) groups excluding carboxylic acids is 1. The SMILES string of the molecule is CCON(C(C)=O)c1c(C)cccc1C. The number of anilines is 1. The number of hydrogen-bond donors (Lipinski definition) is 0. The lowest BCUT2D eigenvalue weighted by Gasteiger charge is -2.23. The second-order valence-corrected chi connectivity index (χ2v) is 3.47. The van der Waals surface area contributed by atoms with Crippen molar-refractivity contribution < 1.29 is 9.63 Å². The first kappa shape index (κ1) is 11.7. The number of amides is 1. The fourth-order valence-electron chi connectivity index (χ4n) is 1.57. The maximum atomic E-state index is 11.4. The summed E-state index contributed by atoms with van der Waals surface area (Å²) in [5, 5.41) is 1.37. The minimum atomic E-state index is -0.103. The lowest BCUT2D eigenvalue weighted by atomic mass is 10.1. The lowest BCUT2D eigenvalue weighted by molar-refractivity contribution is -0.123. The van der Waals surface area contributed by atoms with E-state index in [1.807, 2.05) is 39.0 Å². The van der Waals surface area contributed by atoms with Gasteiger partial charge in [0.1, 0.15) is 0 Å². The molecule has 0 aliphatic carbocycles. The summed E-state index contributed by atoms with van der Waals surface area (Å²) in [6.45, 7) is 7.78. The topological polar surface area (TPSA) is 29.5 Å². The summed E-state index contributed by atoms with van der Waals surface area (Å²) in [6, 6.07) is 5.91. The van der Waals surface area contributed by atoms with Gasteiger partial charge >= 0.3 is 0 Å². The number of hydroxylamine groups is 1. The summed E-state index contributed by atoms with van der Waals surface area (Å²) in [5.74, 6) is -0.103. The Balaban J connectivity index is 3.15. The summed E-state index contributed by atoms with van der Waals surface area (Å²) in [7, 11) is 0. The number of para-hydroxylation sites is 1. The van der Waals surface area contributed by atoms with Gasteiger partial charge in [0.2, 0.25) is 5.91 Å². The van der Waals surface area contributed by atoms with Crippen LogP contribution in [0.2, 0.25) is 0 Å². The van der Waals surface area contributed by atoms with Crippen LogP contribution in [0.15, 0.2) is 18.2 Å². The fraction of sp³-hybridized carbons (Fsp3) is 0.417. The molecule has 1 amide bonds. The van der Waals surface area contributed by atoms with Crippen molar-refractivity contribution in [3.63, 3.8) is 0 Å². The first-order valence-corrected chi connectivity index (χ1v) is 5.07. The molecule has 0 saturated heterocycles. The van der Waals surface area contributed by atoms with E-state index in [1.54, 1.807) is 0 Å². The molecule has 0 aliphatic rings. The van der Waals surface area contributed by atoms with Crippen LogP contribution in [-0.4, -0.2) is 12.5 Å². The molecule has 0 spiro atoms. The van der Waals surface area contributed by atoms with Crippen molar-refractivity contribution >= 4 is 11.6 Å². The zero-order valence-corrected chi connectivity index (χ0v) is 9.70. The second kappa shape index (κ2) is 4.94. The zero-order valence-electron chi connectivity index (χ0n) is 9.70. The van der Waals surface area contributed by atoms with E-state index in [-0.39, 0.29) is 5.91 Å². The maximum Gasteiger partial charge on any atom is 0.247 e. The van der Waals surface area contributed by atoms with Gasteiger partial charge in [-0.1, -0.05) is 18.2 Å². The van der Waals surface area contributed by atoms with Crippen molar-refractivity contribution in [1.29, 1.82) is 0 Å². The van der Waals surface area contributed by atoms with Crippen LogP contribution in [0.3, 0.4) is 0 Å². The van der Waals surface area contributed by atoms with Gasteiger partial charge in [-0.2, -0.15) is 5.06 Å². The number of hydrogen-bond acceptors (Lipinski definition) is 2. The molecule has 0 heterocycles. The highest BCUT2D eigenvalue weighted by Crippen LogP contribution is 2.24. The quantitative estimate of drug-likeness (QED) is 0.713. The number of carbonyl (C=O) groups is 1. The Morgan fingerprint density at radius 3 is 2.27 bits per heavy atom. The smallest absolute Gasteiger partial charge is 0.247 e. The molecule has 1 aromatic rings. The Hall–Kier alpha value is -1.35. The first-order chi connectivity index (χ1) is 7.07. The number of rotatable bonds is 3. The van der Waals surface area contributed by atoms with E-state index in [0.29, 0.717) is 6.61 Å². The highest BCUT2D eigenvalue weighted by Gasteiger charge is 2.16. The average molecular weight is 207 g/mol. The monoisotopic (exact) mass is 207 g/mol. The van der Waals surface area contributed by atoms with E-state index in [4.69, 9.17) is 4.84 Å². The summed E-state index contributed by atoms with van der Waals surface area (Å²) in [5.41, 5.74) is 2.93. The van der Waals surface area contributed by atoms with Crippen LogP contribution in [0.25, 0.3) is 0 Å². The van der Waals surface area contributed by atoms with Crippen LogP contribution >= 0.6 is 0 Å². The Morgan fingerprint density at radius 1 is 1.33 bits per heavy atom. The fourth-order valence-corrected chi connectivity index (χ4v) is 1.57. The number of nitrogens with zero attached hydrogens (tertiary/aromatic N) is 1. The van der Waals surface area contributed by atoms with Crippen LogP contribution in [0.1, 0.15) is 25.0 Å². The molecule has 0 aromatic heterocycles. The summed E-state index contributed by atoms with van der Waals surface area (Å²) in [4.78, 5) is 16.8.